The molecule has 0 fully saturated rings. The second kappa shape index (κ2) is 12.3. The molecule has 0 saturated carbocycles. The highest BCUT2D eigenvalue weighted by molar-refractivity contribution is 6.20. The molecule has 10 aromatic rings. The van der Waals surface area contributed by atoms with E-state index in [1.807, 2.05) is 66.7 Å². The van der Waals surface area contributed by atoms with Crippen molar-refractivity contribution in [2.75, 3.05) is 4.90 Å². The number of hydrogen-bond donors (Lipinski definition) is 0. The zero-order chi connectivity index (χ0) is 34.4. The lowest BCUT2D eigenvalue weighted by Gasteiger charge is -2.27. The molecule has 0 aliphatic carbocycles. The van der Waals surface area contributed by atoms with E-state index in [2.05, 4.69) is 120 Å². The topological polar surface area (TPSA) is 55.1 Å². The summed E-state index contributed by atoms with van der Waals surface area (Å²) < 4.78 is 7.14. The first-order chi connectivity index (χ1) is 25.8. The molecular formula is C47H30N4O. The van der Waals surface area contributed by atoms with Crippen molar-refractivity contribution in [2.24, 2.45) is 0 Å². The minimum Gasteiger partial charge on any atom is -0.453 e. The van der Waals surface area contributed by atoms with Crippen molar-refractivity contribution in [3.05, 3.63) is 182 Å². The maximum absolute atomic E-state index is 7.14. The standard InChI is InChI=1S/C47H30N4O/c1-4-16-32(17-5-1)45-48-46(33-18-6-2-7-19-33)50-47(49-45)40-26-14-25-39-41-30-35-21-12-13-24-38(35)42(44(41)52-43(39)40)51(36-22-8-3-9-23-36)37-28-27-31-15-10-11-20-34(31)29-37/h1-30H. The number of para-hydroxylation sites is 2. The van der Waals surface area contributed by atoms with E-state index in [1.165, 1.54) is 10.8 Å². The number of fused-ring (bicyclic) bond motifs is 5. The third-order valence-corrected chi connectivity index (χ3v) is 9.65. The fourth-order valence-electron chi connectivity index (χ4n) is 7.20. The van der Waals surface area contributed by atoms with Gasteiger partial charge in [-0.2, -0.15) is 0 Å². The molecule has 52 heavy (non-hydrogen) atoms. The molecule has 2 heterocycles. The monoisotopic (exact) mass is 666 g/mol. The smallest absolute Gasteiger partial charge is 0.167 e. The van der Waals surface area contributed by atoms with Gasteiger partial charge < -0.3 is 9.32 Å². The van der Waals surface area contributed by atoms with Gasteiger partial charge in [0.25, 0.3) is 0 Å². The van der Waals surface area contributed by atoms with Crippen molar-refractivity contribution in [3.63, 3.8) is 0 Å². The summed E-state index contributed by atoms with van der Waals surface area (Å²) in [6.07, 6.45) is 0. The van der Waals surface area contributed by atoms with E-state index in [0.29, 0.717) is 17.5 Å². The Balaban J connectivity index is 1.27. The molecule has 0 radical (unpaired) electrons. The first-order valence-electron chi connectivity index (χ1n) is 17.4. The van der Waals surface area contributed by atoms with Gasteiger partial charge in [-0.3, -0.25) is 0 Å². The number of rotatable bonds is 6. The van der Waals surface area contributed by atoms with Crippen molar-refractivity contribution >= 4 is 60.5 Å². The summed E-state index contributed by atoms with van der Waals surface area (Å²) in [5.74, 6) is 1.77. The minimum atomic E-state index is 0.554. The van der Waals surface area contributed by atoms with Gasteiger partial charge in [-0.05, 0) is 52.6 Å². The number of anilines is 3. The van der Waals surface area contributed by atoms with Crippen LogP contribution in [0.15, 0.2) is 186 Å². The van der Waals surface area contributed by atoms with E-state index in [4.69, 9.17) is 19.4 Å². The van der Waals surface area contributed by atoms with Crippen LogP contribution in [-0.4, -0.2) is 15.0 Å². The molecule has 0 aliphatic rings. The van der Waals surface area contributed by atoms with Gasteiger partial charge in [0.1, 0.15) is 5.58 Å². The number of benzene rings is 8. The largest absolute Gasteiger partial charge is 0.453 e. The van der Waals surface area contributed by atoms with Crippen LogP contribution < -0.4 is 4.90 Å². The summed E-state index contributed by atoms with van der Waals surface area (Å²) in [6.45, 7) is 0. The number of hydrogen-bond acceptors (Lipinski definition) is 5. The molecule has 0 unspecified atom stereocenters. The van der Waals surface area contributed by atoms with Crippen LogP contribution in [0.2, 0.25) is 0 Å². The van der Waals surface area contributed by atoms with Gasteiger partial charge in [-0.1, -0.05) is 146 Å². The molecule has 0 spiro atoms. The molecule has 0 saturated heterocycles. The van der Waals surface area contributed by atoms with E-state index in [1.54, 1.807) is 0 Å². The average Bonchev–Trinajstić information content (AvgIpc) is 3.60. The number of furan rings is 1. The summed E-state index contributed by atoms with van der Waals surface area (Å²) in [7, 11) is 0. The van der Waals surface area contributed by atoms with Gasteiger partial charge in [-0.15, -0.1) is 0 Å². The number of aromatic nitrogens is 3. The Hall–Kier alpha value is -7.11. The summed E-state index contributed by atoms with van der Waals surface area (Å²) >= 11 is 0. The third kappa shape index (κ3) is 5.07. The van der Waals surface area contributed by atoms with Crippen molar-refractivity contribution in [1.82, 2.24) is 15.0 Å². The van der Waals surface area contributed by atoms with Crippen LogP contribution in [-0.2, 0) is 0 Å². The molecule has 0 amide bonds. The van der Waals surface area contributed by atoms with Crippen molar-refractivity contribution in [2.45, 2.75) is 0 Å². The Morgan fingerprint density at radius 1 is 0.365 bits per heavy atom. The van der Waals surface area contributed by atoms with Crippen LogP contribution in [0, 0.1) is 0 Å². The first kappa shape index (κ1) is 29.8. The third-order valence-electron chi connectivity index (χ3n) is 9.65. The van der Waals surface area contributed by atoms with E-state index >= 15 is 0 Å². The van der Waals surface area contributed by atoms with Gasteiger partial charge in [-0.25, -0.2) is 15.0 Å². The molecule has 5 heteroatoms. The second-order valence-electron chi connectivity index (χ2n) is 12.8. The van der Waals surface area contributed by atoms with E-state index in [-0.39, 0.29) is 0 Å². The zero-order valence-electron chi connectivity index (χ0n) is 28.0. The Morgan fingerprint density at radius 3 is 1.65 bits per heavy atom. The Labute approximate surface area is 300 Å². The fraction of sp³-hybridized carbons (Fsp3) is 0. The van der Waals surface area contributed by atoms with Gasteiger partial charge >= 0.3 is 0 Å². The molecule has 2 aromatic heterocycles. The lowest BCUT2D eigenvalue weighted by atomic mass is 10.0. The molecule has 0 N–H and O–H groups in total. The normalized spacial score (nSPS) is 11.5. The maximum atomic E-state index is 7.14. The van der Waals surface area contributed by atoms with E-state index < -0.39 is 0 Å². The quantitative estimate of drug-likeness (QED) is 0.177. The average molecular weight is 667 g/mol. The maximum Gasteiger partial charge on any atom is 0.167 e. The molecule has 8 aromatic carbocycles. The van der Waals surface area contributed by atoms with Gasteiger partial charge in [0.2, 0.25) is 0 Å². The molecule has 0 aliphatic heterocycles. The minimum absolute atomic E-state index is 0.554. The molecule has 244 valence electrons. The second-order valence-corrected chi connectivity index (χ2v) is 12.8. The van der Waals surface area contributed by atoms with Crippen molar-refractivity contribution < 1.29 is 4.42 Å². The Bertz CT molecular complexity index is 2850. The van der Waals surface area contributed by atoms with E-state index in [9.17, 15) is 0 Å². The molecule has 10 rings (SSSR count). The van der Waals surface area contributed by atoms with E-state index in [0.717, 1.165) is 66.5 Å². The SMILES string of the molecule is c1ccc(-c2nc(-c3ccccc3)nc(-c3cccc4c3oc3c(N(c5ccccc5)c5ccc6ccccc6c5)c5ccccc5cc34)n2)cc1. The zero-order valence-corrected chi connectivity index (χ0v) is 28.0. The molecule has 0 bridgehead atoms. The van der Waals surface area contributed by atoms with Crippen LogP contribution in [0.1, 0.15) is 0 Å². The summed E-state index contributed by atoms with van der Waals surface area (Å²) in [5, 5.41) is 6.59. The predicted octanol–water partition coefficient (Wildman–Crippen LogP) is 12.5. The van der Waals surface area contributed by atoms with Gasteiger partial charge in [0.15, 0.2) is 23.1 Å². The predicted molar refractivity (Wildman–Crippen MR) is 213 cm³/mol. The lowest BCUT2D eigenvalue weighted by molar-refractivity contribution is 0.670. The lowest BCUT2D eigenvalue weighted by Crippen LogP contribution is -2.10. The van der Waals surface area contributed by atoms with Crippen molar-refractivity contribution in [3.8, 4) is 34.2 Å². The van der Waals surface area contributed by atoms with Crippen LogP contribution in [0.3, 0.4) is 0 Å². The van der Waals surface area contributed by atoms with Crippen LogP contribution in [0.4, 0.5) is 17.1 Å². The van der Waals surface area contributed by atoms with Crippen LogP contribution in [0.5, 0.6) is 0 Å². The van der Waals surface area contributed by atoms with Gasteiger partial charge in [0.05, 0.1) is 11.3 Å². The molecule has 0 atom stereocenters. The Morgan fingerprint density at radius 2 is 0.942 bits per heavy atom. The van der Waals surface area contributed by atoms with Gasteiger partial charge in [0, 0.05) is 38.7 Å². The summed E-state index contributed by atoms with van der Waals surface area (Å²) in [6, 6.07) is 62.8. The number of nitrogens with zero attached hydrogens (tertiary/aromatic N) is 4. The summed E-state index contributed by atoms with van der Waals surface area (Å²) in [5.41, 5.74) is 7.21. The van der Waals surface area contributed by atoms with Crippen molar-refractivity contribution in [1.29, 1.82) is 0 Å². The highest BCUT2D eigenvalue weighted by Crippen LogP contribution is 2.48. The molecular weight excluding hydrogens is 637 g/mol. The summed E-state index contributed by atoms with van der Waals surface area (Å²) in [4.78, 5) is 17.4. The fourth-order valence-corrected chi connectivity index (χ4v) is 7.20. The highest BCUT2D eigenvalue weighted by Gasteiger charge is 2.25. The first-order valence-corrected chi connectivity index (χ1v) is 17.4. The Kier molecular flexibility index (Phi) is 7.07. The van der Waals surface area contributed by atoms with Crippen LogP contribution >= 0.6 is 0 Å². The van der Waals surface area contributed by atoms with Crippen LogP contribution in [0.25, 0.3) is 77.6 Å². The molecule has 5 nitrogen and oxygen atoms in total. The highest BCUT2D eigenvalue weighted by atomic mass is 16.3.